The predicted octanol–water partition coefficient (Wildman–Crippen LogP) is 4.42. The molecule has 2 N–H and O–H groups in total. The first-order valence-electron chi connectivity index (χ1n) is 8.29. The predicted molar refractivity (Wildman–Crippen MR) is 98.7 cm³/mol. The molecule has 26 heavy (non-hydrogen) atoms. The molecule has 0 radical (unpaired) electrons. The van der Waals surface area contributed by atoms with Gasteiger partial charge in [0.05, 0.1) is 11.1 Å². The summed E-state index contributed by atoms with van der Waals surface area (Å²) in [5.74, 6) is 0.506. The zero-order valence-corrected chi connectivity index (χ0v) is 14.4. The number of H-pyrrole nitrogens is 1. The van der Waals surface area contributed by atoms with Crippen molar-refractivity contribution in [3.63, 3.8) is 0 Å². The van der Waals surface area contributed by atoms with E-state index in [2.05, 4.69) is 44.1 Å². The van der Waals surface area contributed by atoms with Gasteiger partial charge in [-0.1, -0.05) is 13.8 Å². The Bertz CT molecular complexity index is 1070. The molecule has 0 unspecified atom stereocenters. The molecule has 0 spiro atoms. The summed E-state index contributed by atoms with van der Waals surface area (Å²) in [5, 5.41) is 4.23. The van der Waals surface area contributed by atoms with E-state index in [-0.39, 0.29) is 11.6 Å². The summed E-state index contributed by atoms with van der Waals surface area (Å²) in [7, 11) is 0. The van der Waals surface area contributed by atoms with Gasteiger partial charge >= 0.3 is 0 Å². The molecule has 4 rings (SSSR count). The van der Waals surface area contributed by atoms with Gasteiger partial charge in [-0.3, -0.25) is 9.97 Å². The van der Waals surface area contributed by atoms with Gasteiger partial charge in [-0.05, 0) is 35.7 Å². The van der Waals surface area contributed by atoms with Gasteiger partial charge in [0.1, 0.15) is 23.5 Å². The molecule has 0 aliphatic heterocycles. The minimum Gasteiger partial charge on any atom is -0.346 e. The molecular formula is C19H17FN6. The first-order valence-corrected chi connectivity index (χ1v) is 8.29. The lowest BCUT2D eigenvalue weighted by atomic mass is 10.0. The highest BCUT2D eigenvalue weighted by molar-refractivity contribution is 5.89. The van der Waals surface area contributed by atoms with Crippen LogP contribution in [0.15, 0.2) is 49.2 Å². The van der Waals surface area contributed by atoms with Crippen LogP contribution in [0, 0.1) is 5.82 Å². The first-order chi connectivity index (χ1) is 12.6. The smallest absolute Gasteiger partial charge is 0.151 e. The number of nitrogens with zero attached hydrogens (tertiary/aromatic N) is 4. The fourth-order valence-electron chi connectivity index (χ4n) is 2.84. The summed E-state index contributed by atoms with van der Waals surface area (Å²) >= 11 is 0. The van der Waals surface area contributed by atoms with Gasteiger partial charge in [0.15, 0.2) is 5.82 Å². The number of hydrogen-bond acceptors (Lipinski definition) is 5. The van der Waals surface area contributed by atoms with E-state index >= 15 is 0 Å². The molecule has 7 heteroatoms. The van der Waals surface area contributed by atoms with Crippen LogP contribution in [-0.4, -0.2) is 24.9 Å². The number of anilines is 2. The molecule has 130 valence electrons. The highest BCUT2D eigenvalue weighted by atomic mass is 19.1. The van der Waals surface area contributed by atoms with Crippen molar-refractivity contribution in [2.45, 2.75) is 19.8 Å². The molecule has 0 fully saturated rings. The second-order valence-electron chi connectivity index (χ2n) is 6.23. The summed E-state index contributed by atoms with van der Waals surface area (Å²) in [6.07, 6.45) is 6.62. The van der Waals surface area contributed by atoms with Gasteiger partial charge in [-0.25, -0.2) is 14.4 Å². The standard InChI is InChI=1S/C19H17FN6/c1-11(2)13-9-23-16(17-14(20)4-3-6-21-17)8-15(13)26-19-12-5-7-22-18(12)24-10-25-19/h3-11H,1-2H3,(H2,22,23,24,25,26). The second kappa shape index (κ2) is 6.51. The summed E-state index contributed by atoms with van der Waals surface area (Å²) in [4.78, 5) is 20.1. The maximum Gasteiger partial charge on any atom is 0.151 e. The van der Waals surface area contributed by atoms with Crippen LogP contribution < -0.4 is 5.32 Å². The Morgan fingerprint density at radius 3 is 2.81 bits per heavy atom. The quantitative estimate of drug-likeness (QED) is 0.571. The van der Waals surface area contributed by atoms with E-state index in [0.717, 1.165) is 22.3 Å². The SMILES string of the molecule is CC(C)c1cnc(-c2ncccc2F)cc1Nc1ncnc2[nH]ccc12. The zero-order valence-electron chi connectivity index (χ0n) is 14.4. The Morgan fingerprint density at radius 1 is 1.12 bits per heavy atom. The van der Waals surface area contributed by atoms with Crippen molar-refractivity contribution in [1.82, 2.24) is 24.9 Å². The summed E-state index contributed by atoms with van der Waals surface area (Å²) < 4.78 is 14.1. The van der Waals surface area contributed by atoms with Crippen molar-refractivity contribution in [1.29, 1.82) is 0 Å². The Hall–Kier alpha value is -3.35. The van der Waals surface area contributed by atoms with Crippen LogP contribution in [0.2, 0.25) is 0 Å². The fraction of sp³-hybridized carbons (Fsp3) is 0.158. The number of hydrogen-bond donors (Lipinski definition) is 2. The Kier molecular flexibility index (Phi) is 4.04. The highest BCUT2D eigenvalue weighted by Gasteiger charge is 2.15. The van der Waals surface area contributed by atoms with Crippen LogP contribution in [0.5, 0.6) is 0 Å². The van der Waals surface area contributed by atoms with E-state index in [1.54, 1.807) is 24.5 Å². The van der Waals surface area contributed by atoms with E-state index in [4.69, 9.17) is 0 Å². The molecule has 0 atom stereocenters. The maximum absolute atomic E-state index is 14.1. The van der Waals surface area contributed by atoms with Crippen LogP contribution in [0.4, 0.5) is 15.9 Å². The third-order valence-corrected chi connectivity index (χ3v) is 4.16. The number of pyridine rings is 2. The molecule has 0 bridgehead atoms. The lowest BCUT2D eigenvalue weighted by Crippen LogP contribution is -2.03. The number of halogens is 1. The zero-order chi connectivity index (χ0) is 18.1. The van der Waals surface area contributed by atoms with Gasteiger partial charge in [-0.15, -0.1) is 0 Å². The summed E-state index contributed by atoms with van der Waals surface area (Å²) in [6.45, 7) is 4.16. The maximum atomic E-state index is 14.1. The highest BCUT2D eigenvalue weighted by Crippen LogP contribution is 2.31. The minimum atomic E-state index is -0.404. The van der Waals surface area contributed by atoms with Crippen molar-refractivity contribution in [2.75, 3.05) is 5.32 Å². The molecule has 4 heterocycles. The average Bonchev–Trinajstić information content (AvgIpc) is 3.12. The van der Waals surface area contributed by atoms with Gasteiger partial charge in [0.2, 0.25) is 0 Å². The van der Waals surface area contributed by atoms with Crippen molar-refractivity contribution in [2.24, 2.45) is 0 Å². The lowest BCUT2D eigenvalue weighted by Gasteiger charge is -2.15. The molecule has 0 saturated heterocycles. The van der Waals surface area contributed by atoms with Crippen molar-refractivity contribution in [3.8, 4) is 11.4 Å². The molecule has 0 amide bonds. The third-order valence-electron chi connectivity index (χ3n) is 4.16. The minimum absolute atomic E-state index is 0.223. The number of fused-ring (bicyclic) bond motifs is 1. The fourth-order valence-corrected chi connectivity index (χ4v) is 2.84. The third kappa shape index (κ3) is 2.88. The number of aromatic amines is 1. The van der Waals surface area contributed by atoms with Crippen LogP contribution >= 0.6 is 0 Å². The number of aromatic nitrogens is 5. The molecule has 0 aromatic carbocycles. The second-order valence-corrected chi connectivity index (χ2v) is 6.23. The molecule has 6 nitrogen and oxygen atoms in total. The molecular weight excluding hydrogens is 331 g/mol. The van der Waals surface area contributed by atoms with Crippen molar-refractivity contribution < 1.29 is 4.39 Å². The Morgan fingerprint density at radius 2 is 2.00 bits per heavy atom. The Balaban J connectivity index is 1.82. The van der Waals surface area contributed by atoms with E-state index < -0.39 is 5.82 Å². The average molecular weight is 348 g/mol. The van der Waals surface area contributed by atoms with E-state index in [1.165, 1.54) is 12.4 Å². The van der Waals surface area contributed by atoms with Crippen LogP contribution in [0.1, 0.15) is 25.3 Å². The van der Waals surface area contributed by atoms with Gasteiger partial charge in [0.25, 0.3) is 0 Å². The van der Waals surface area contributed by atoms with Gasteiger partial charge < -0.3 is 10.3 Å². The van der Waals surface area contributed by atoms with Crippen molar-refractivity contribution in [3.05, 3.63) is 60.6 Å². The number of rotatable bonds is 4. The van der Waals surface area contributed by atoms with Gasteiger partial charge in [-0.2, -0.15) is 0 Å². The molecule has 4 aromatic rings. The van der Waals surface area contributed by atoms with Crippen molar-refractivity contribution >= 4 is 22.5 Å². The summed E-state index contributed by atoms with van der Waals surface area (Å²) in [5.41, 5.74) is 3.26. The number of nitrogens with one attached hydrogen (secondary N) is 2. The molecule has 0 aliphatic carbocycles. The first kappa shape index (κ1) is 16.1. The topological polar surface area (TPSA) is 79.4 Å². The molecule has 0 saturated carbocycles. The molecule has 4 aromatic heterocycles. The van der Waals surface area contributed by atoms with E-state index in [0.29, 0.717) is 11.5 Å². The normalized spacial score (nSPS) is 11.2. The van der Waals surface area contributed by atoms with Crippen LogP contribution in [0.25, 0.3) is 22.4 Å². The van der Waals surface area contributed by atoms with Crippen LogP contribution in [0.3, 0.4) is 0 Å². The lowest BCUT2D eigenvalue weighted by molar-refractivity contribution is 0.625. The largest absolute Gasteiger partial charge is 0.346 e. The van der Waals surface area contributed by atoms with Gasteiger partial charge in [0, 0.05) is 24.3 Å². The summed E-state index contributed by atoms with van der Waals surface area (Å²) in [6, 6.07) is 6.65. The van der Waals surface area contributed by atoms with E-state index in [9.17, 15) is 4.39 Å². The Labute approximate surface area is 149 Å². The van der Waals surface area contributed by atoms with Crippen LogP contribution in [-0.2, 0) is 0 Å². The molecule has 0 aliphatic rings. The van der Waals surface area contributed by atoms with E-state index in [1.807, 2.05) is 12.3 Å². The monoisotopic (exact) mass is 348 g/mol.